The molecule has 1 aromatic heterocycles. The van der Waals surface area contributed by atoms with Crippen molar-refractivity contribution in [2.45, 2.75) is 6.10 Å². The van der Waals surface area contributed by atoms with Gasteiger partial charge < -0.3 is 19.3 Å². The molecular formula is C23H25N3O3. The number of H-pyrrole nitrogens is 1. The molecule has 1 N–H and O–H groups in total. The Bertz CT molecular complexity index is 1010. The molecule has 0 saturated carbocycles. The van der Waals surface area contributed by atoms with Crippen LogP contribution in [-0.2, 0) is 9.57 Å². The van der Waals surface area contributed by atoms with Crippen LogP contribution in [0, 0.1) is 5.92 Å². The Kier molecular flexibility index (Phi) is 4.96. The van der Waals surface area contributed by atoms with Gasteiger partial charge in [-0.3, -0.25) is 4.90 Å². The summed E-state index contributed by atoms with van der Waals surface area (Å²) in [4.78, 5) is 11.9. The number of oxime groups is 1. The molecule has 5 rings (SSSR count). The summed E-state index contributed by atoms with van der Waals surface area (Å²) in [7, 11) is 1.68. The Hall–Kier alpha value is -2.83. The monoisotopic (exact) mass is 391 g/mol. The van der Waals surface area contributed by atoms with E-state index in [1.807, 2.05) is 18.2 Å². The molecule has 0 radical (unpaired) electrons. The van der Waals surface area contributed by atoms with Crippen LogP contribution in [0.2, 0.25) is 0 Å². The maximum Gasteiger partial charge on any atom is 0.164 e. The molecule has 29 heavy (non-hydrogen) atoms. The predicted molar refractivity (Wildman–Crippen MR) is 112 cm³/mol. The van der Waals surface area contributed by atoms with Crippen molar-refractivity contribution in [2.24, 2.45) is 11.1 Å². The molecule has 2 atom stereocenters. The molecule has 0 bridgehead atoms. The number of ether oxygens (including phenoxy) is 2. The predicted octanol–water partition coefficient (Wildman–Crippen LogP) is 3.60. The molecule has 6 nitrogen and oxygen atoms in total. The number of rotatable bonds is 5. The van der Waals surface area contributed by atoms with E-state index in [2.05, 4.69) is 51.6 Å². The lowest BCUT2D eigenvalue weighted by Crippen LogP contribution is -2.41. The molecule has 2 unspecified atom stereocenters. The fourth-order valence-electron chi connectivity index (χ4n) is 4.27. The molecule has 6 heteroatoms. The van der Waals surface area contributed by atoms with Crippen molar-refractivity contribution in [3.8, 4) is 5.75 Å². The standard InChI is InChI=1S/C23H25N3O3/c1-27-17-8-6-16(7-9-17)22-20(15-26-10-12-28-13-11-26)23(29-25-22)19-14-24-21-5-3-2-4-18(19)21/h2-9,14,20,23-24H,10-13,15H2,1H3. The molecule has 3 heterocycles. The van der Waals surface area contributed by atoms with Crippen LogP contribution in [0.3, 0.4) is 0 Å². The average molecular weight is 391 g/mol. The molecule has 1 fully saturated rings. The Balaban J connectivity index is 1.49. The zero-order valence-corrected chi connectivity index (χ0v) is 16.5. The highest BCUT2D eigenvalue weighted by Gasteiger charge is 2.38. The van der Waals surface area contributed by atoms with Crippen LogP contribution in [-0.4, -0.2) is 55.6 Å². The van der Waals surface area contributed by atoms with Gasteiger partial charge in [0.15, 0.2) is 6.10 Å². The van der Waals surface area contributed by atoms with Crippen LogP contribution >= 0.6 is 0 Å². The van der Waals surface area contributed by atoms with Gasteiger partial charge in [-0.05, 0) is 30.3 Å². The number of para-hydroxylation sites is 1. The SMILES string of the molecule is COc1ccc(C2=NOC(c3c[nH]c4ccccc34)C2CN2CCOCC2)cc1. The van der Waals surface area contributed by atoms with Gasteiger partial charge in [0.25, 0.3) is 0 Å². The number of nitrogens with one attached hydrogen (secondary N) is 1. The number of hydrogen-bond donors (Lipinski definition) is 1. The van der Waals surface area contributed by atoms with Gasteiger partial charge in [0.05, 0.1) is 32.0 Å². The third-order valence-corrected chi connectivity index (χ3v) is 5.85. The Labute approximate surface area is 170 Å². The van der Waals surface area contributed by atoms with Gasteiger partial charge in [-0.25, -0.2) is 0 Å². The van der Waals surface area contributed by atoms with E-state index < -0.39 is 0 Å². The third kappa shape index (κ3) is 3.50. The topological polar surface area (TPSA) is 59.1 Å². The van der Waals surface area contributed by atoms with Gasteiger partial charge in [0.1, 0.15) is 5.75 Å². The van der Waals surface area contributed by atoms with E-state index in [9.17, 15) is 0 Å². The summed E-state index contributed by atoms with van der Waals surface area (Å²) in [5, 5.41) is 5.75. The number of hydrogen-bond acceptors (Lipinski definition) is 5. The lowest BCUT2D eigenvalue weighted by Gasteiger charge is -2.30. The number of morpholine rings is 1. The van der Waals surface area contributed by atoms with Crippen LogP contribution in [0.25, 0.3) is 10.9 Å². The summed E-state index contributed by atoms with van der Waals surface area (Å²) in [6, 6.07) is 16.4. The van der Waals surface area contributed by atoms with Gasteiger partial charge in [-0.15, -0.1) is 0 Å². The number of fused-ring (bicyclic) bond motifs is 1. The maximum absolute atomic E-state index is 6.06. The number of benzene rings is 2. The van der Waals surface area contributed by atoms with E-state index in [4.69, 9.17) is 14.3 Å². The summed E-state index contributed by atoms with van der Waals surface area (Å²) < 4.78 is 10.8. The highest BCUT2D eigenvalue weighted by atomic mass is 16.6. The average Bonchev–Trinajstić information content (AvgIpc) is 3.38. The van der Waals surface area contributed by atoms with E-state index in [0.717, 1.165) is 61.0 Å². The quantitative estimate of drug-likeness (QED) is 0.722. The van der Waals surface area contributed by atoms with Crippen LogP contribution in [0.4, 0.5) is 0 Å². The first-order valence-electron chi connectivity index (χ1n) is 10.1. The number of nitrogens with zero attached hydrogens (tertiary/aromatic N) is 2. The van der Waals surface area contributed by atoms with Crippen LogP contribution < -0.4 is 4.74 Å². The normalized spacial score (nSPS) is 22.4. The Morgan fingerprint density at radius 2 is 1.90 bits per heavy atom. The second-order valence-electron chi connectivity index (χ2n) is 7.54. The van der Waals surface area contributed by atoms with Crippen LogP contribution in [0.1, 0.15) is 17.2 Å². The van der Waals surface area contributed by atoms with Crippen LogP contribution in [0.5, 0.6) is 5.75 Å². The summed E-state index contributed by atoms with van der Waals surface area (Å²) in [5.41, 5.74) is 4.35. The van der Waals surface area contributed by atoms with Gasteiger partial charge in [0, 0.05) is 47.9 Å². The van der Waals surface area contributed by atoms with Crippen molar-refractivity contribution in [3.63, 3.8) is 0 Å². The van der Waals surface area contributed by atoms with Crippen molar-refractivity contribution in [2.75, 3.05) is 40.0 Å². The molecule has 0 amide bonds. The second kappa shape index (κ2) is 7.89. The summed E-state index contributed by atoms with van der Waals surface area (Å²) in [5.74, 6) is 0.979. The fourth-order valence-corrected chi connectivity index (χ4v) is 4.27. The van der Waals surface area contributed by atoms with Gasteiger partial charge in [-0.1, -0.05) is 23.4 Å². The lowest BCUT2D eigenvalue weighted by atomic mass is 9.88. The first-order valence-corrected chi connectivity index (χ1v) is 10.1. The van der Waals surface area contributed by atoms with Crippen molar-refractivity contribution < 1.29 is 14.3 Å². The molecular weight excluding hydrogens is 366 g/mol. The smallest absolute Gasteiger partial charge is 0.164 e. The minimum atomic E-state index is -0.119. The number of aromatic amines is 1. The first-order chi connectivity index (χ1) is 14.3. The fraction of sp³-hybridized carbons (Fsp3) is 0.348. The third-order valence-electron chi connectivity index (χ3n) is 5.85. The highest BCUT2D eigenvalue weighted by molar-refractivity contribution is 6.03. The Morgan fingerprint density at radius 1 is 1.10 bits per heavy atom. The number of aromatic nitrogens is 1. The summed E-state index contributed by atoms with van der Waals surface area (Å²) in [6.45, 7) is 4.32. The molecule has 2 aliphatic rings. The zero-order valence-electron chi connectivity index (χ0n) is 16.5. The minimum Gasteiger partial charge on any atom is -0.497 e. The molecule has 0 spiro atoms. The molecule has 150 valence electrons. The number of methoxy groups -OCH3 is 1. The highest BCUT2D eigenvalue weighted by Crippen LogP contribution is 2.39. The summed E-state index contributed by atoms with van der Waals surface area (Å²) in [6.07, 6.45) is 1.94. The van der Waals surface area contributed by atoms with Gasteiger partial charge in [-0.2, -0.15) is 0 Å². The second-order valence-corrected chi connectivity index (χ2v) is 7.54. The van der Waals surface area contributed by atoms with Crippen molar-refractivity contribution >= 4 is 16.6 Å². The first kappa shape index (κ1) is 18.2. The van der Waals surface area contributed by atoms with E-state index in [1.54, 1.807) is 7.11 Å². The molecule has 1 saturated heterocycles. The summed E-state index contributed by atoms with van der Waals surface area (Å²) >= 11 is 0. The maximum atomic E-state index is 6.06. The zero-order chi connectivity index (χ0) is 19.6. The van der Waals surface area contributed by atoms with Gasteiger partial charge in [0.2, 0.25) is 0 Å². The largest absolute Gasteiger partial charge is 0.497 e. The van der Waals surface area contributed by atoms with Gasteiger partial charge >= 0.3 is 0 Å². The van der Waals surface area contributed by atoms with Crippen molar-refractivity contribution in [1.82, 2.24) is 9.88 Å². The molecule has 2 aromatic carbocycles. The molecule has 0 aliphatic carbocycles. The molecule has 3 aromatic rings. The van der Waals surface area contributed by atoms with E-state index in [-0.39, 0.29) is 12.0 Å². The van der Waals surface area contributed by atoms with E-state index in [0.29, 0.717) is 0 Å². The van der Waals surface area contributed by atoms with Crippen LogP contribution in [0.15, 0.2) is 59.9 Å². The Morgan fingerprint density at radius 3 is 2.69 bits per heavy atom. The van der Waals surface area contributed by atoms with Crippen molar-refractivity contribution in [1.29, 1.82) is 0 Å². The minimum absolute atomic E-state index is 0.119. The molecule has 2 aliphatic heterocycles. The van der Waals surface area contributed by atoms with E-state index in [1.165, 1.54) is 5.39 Å². The van der Waals surface area contributed by atoms with Crippen molar-refractivity contribution in [3.05, 3.63) is 65.9 Å². The van der Waals surface area contributed by atoms with E-state index >= 15 is 0 Å². The lowest BCUT2D eigenvalue weighted by molar-refractivity contribution is 0.0141.